The maximum atomic E-state index is 4.77. The lowest BCUT2D eigenvalue weighted by atomic mass is 10.1. The molecule has 1 heterocycles. The van der Waals surface area contributed by atoms with Crippen LogP contribution in [0.4, 0.5) is 0 Å². The first kappa shape index (κ1) is 19.7. The lowest BCUT2D eigenvalue weighted by Crippen LogP contribution is -2.49. The molecule has 0 atom stereocenters. The third kappa shape index (κ3) is 6.67. The Bertz CT molecular complexity index is 521. The van der Waals surface area contributed by atoms with E-state index in [1.807, 2.05) is 0 Å². The molecule has 0 aliphatic carbocycles. The van der Waals surface area contributed by atoms with E-state index in [9.17, 15) is 0 Å². The van der Waals surface area contributed by atoms with Crippen LogP contribution < -0.4 is 10.6 Å². The van der Waals surface area contributed by atoms with E-state index >= 15 is 0 Å². The van der Waals surface area contributed by atoms with Gasteiger partial charge in [0.05, 0.1) is 6.54 Å². The van der Waals surface area contributed by atoms with E-state index in [2.05, 4.69) is 65.5 Å². The standard InChI is InChI=1S/C20H35N5/c1-4-18-9-7-8-10-19(18)17-23-20(21-5-2)22-11-12-25-15-13-24(6-3)14-16-25/h7-10H,4-6,11-17H2,1-3H3,(H2,21,22,23). The molecule has 2 rings (SSSR count). The molecule has 25 heavy (non-hydrogen) atoms. The van der Waals surface area contributed by atoms with Gasteiger partial charge in [-0.05, 0) is 31.0 Å². The Morgan fingerprint density at radius 1 is 0.960 bits per heavy atom. The number of aryl methyl sites for hydroxylation is 1. The van der Waals surface area contributed by atoms with Gasteiger partial charge in [0.25, 0.3) is 0 Å². The number of guanidine groups is 1. The van der Waals surface area contributed by atoms with Gasteiger partial charge in [-0.3, -0.25) is 4.90 Å². The number of nitrogens with zero attached hydrogens (tertiary/aromatic N) is 3. The first-order chi connectivity index (χ1) is 12.3. The van der Waals surface area contributed by atoms with Crippen LogP contribution in [0, 0.1) is 0 Å². The highest BCUT2D eigenvalue weighted by atomic mass is 15.3. The molecule has 0 spiro atoms. The van der Waals surface area contributed by atoms with Gasteiger partial charge in [0, 0.05) is 45.8 Å². The molecular formula is C20H35N5. The van der Waals surface area contributed by atoms with Crippen molar-refractivity contribution in [2.45, 2.75) is 33.7 Å². The normalized spacial score (nSPS) is 16.8. The largest absolute Gasteiger partial charge is 0.357 e. The molecule has 1 aromatic carbocycles. The summed E-state index contributed by atoms with van der Waals surface area (Å²) < 4.78 is 0. The molecule has 5 nitrogen and oxygen atoms in total. The number of hydrogen-bond donors (Lipinski definition) is 2. The van der Waals surface area contributed by atoms with Crippen LogP contribution in [-0.4, -0.2) is 68.1 Å². The summed E-state index contributed by atoms with van der Waals surface area (Å²) in [5, 5.41) is 6.84. The molecule has 1 aliphatic rings. The number of piperazine rings is 1. The molecular weight excluding hydrogens is 310 g/mol. The van der Waals surface area contributed by atoms with Gasteiger partial charge in [0.2, 0.25) is 0 Å². The summed E-state index contributed by atoms with van der Waals surface area (Å²) in [7, 11) is 0. The molecule has 0 bridgehead atoms. The lowest BCUT2D eigenvalue weighted by Gasteiger charge is -2.34. The van der Waals surface area contributed by atoms with Crippen LogP contribution in [0.5, 0.6) is 0 Å². The van der Waals surface area contributed by atoms with E-state index in [-0.39, 0.29) is 0 Å². The van der Waals surface area contributed by atoms with E-state index in [1.54, 1.807) is 0 Å². The van der Waals surface area contributed by atoms with Gasteiger partial charge in [-0.15, -0.1) is 0 Å². The molecule has 1 fully saturated rings. The molecule has 0 saturated carbocycles. The Balaban J connectivity index is 1.80. The molecule has 0 radical (unpaired) electrons. The van der Waals surface area contributed by atoms with E-state index in [1.165, 1.54) is 43.9 Å². The molecule has 1 aromatic rings. The first-order valence-corrected chi connectivity index (χ1v) is 9.80. The van der Waals surface area contributed by atoms with Crippen LogP contribution in [0.25, 0.3) is 0 Å². The van der Waals surface area contributed by atoms with Crippen LogP contribution >= 0.6 is 0 Å². The minimum atomic E-state index is 0.731. The summed E-state index contributed by atoms with van der Waals surface area (Å²) in [4.78, 5) is 9.82. The number of benzene rings is 1. The number of rotatable bonds is 8. The van der Waals surface area contributed by atoms with Crippen molar-refractivity contribution in [3.63, 3.8) is 0 Å². The monoisotopic (exact) mass is 345 g/mol. The summed E-state index contributed by atoms with van der Waals surface area (Å²) in [6.45, 7) is 16.1. The predicted molar refractivity (Wildman–Crippen MR) is 107 cm³/mol. The second kappa shape index (κ2) is 11.1. The molecule has 0 aromatic heterocycles. The maximum Gasteiger partial charge on any atom is 0.191 e. The van der Waals surface area contributed by atoms with E-state index in [0.717, 1.165) is 38.6 Å². The second-order valence-electron chi connectivity index (χ2n) is 6.52. The summed E-state index contributed by atoms with van der Waals surface area (Å²) in [6, 6.07) is 8.58. The van der Waals surface area contributed by atoms with Crippen LogP contribution in [0.2, 0.25) is 0 Å². The van der Waals surface area contributed by atoms with Gasteiger partial charge in [-0.25, -0.2) is 4.99 Å². The van der Waals surface area contributed by atoms with E-state index in [4.69, 9.17) is 4.99 Å². The van der Waals surface area contributed by atoms with Gasteiger partial charge >= 0.3 is 0 Å². The quantitative estimate of drug-likeness (QED) is 0.558. The third-order valence-corrected chi connectivity index (χ3v) is 4.88. The minimum absolute atomic E-state index is 0.731. The van der Waals surface area contributed by atoms with Crippen LogP contribution in [0.3, 0.4) is 0 Å². The van der Waals surface area contributed by atoms with Crippen molar-refractivity contribution in [2.24, 2.45) is 4.99 Å². The van der Waals surface area contributed by atoms with E-state index in [0.29, 0.717) is 0 Å². The van der Waals surface area contributed by atoms with Crippen LogP contribution in [0.1, 0.15) is 31.9 Å². The summed E-state index contributed by atoms with van der Waals surface area (Å²) >= 11 is 0. The first-order valence-electron chi connectivity index (χ1n) is 9.80. The SMILES string of the molecule is CCNC(=NCc1ccccc1CC)NCCN1CCN(CC)CC1. The summed E-state index contributed by atoms with van der Waals surface area (Å²) in [6.07, 6.45) is 1.05. The molecule has 140 valence electrons. The Morgan fingerprint density at radius 3 is 2.28 bits per heavy atom. The van der Waals surface area contributed by atoms with Crippen molar-refractivity contribution < 1.29 is 0 Å². The van der Waals surface area contributed by atoms with Crippen molar-refractivity contribution in [3.05, 3.63) is 35.4 Å². The Kier molecular flexibility index (Phi) is 8.77. The molecule has 1 saturated heterocycles. The third-order valence-electron chi connectivity index (χ3n) is 4.88. The number of hydrogen-bond acceptors (Lipinski definition) is 3. The Morgan fingerprint density at radius 2 is 1.64 bits per heavy atom. The van der Waals surface area contributed by atoms with Crippen molar-refractivity contribution >= 4 is 5.96 Å². The fourth-order valence-electron chi connectivity index (χ4n) is 3.22. The van der Waals surface area contributed by atoms with E-state index < -0.39 is 0 Å². The topological polar surface area (TPSA) is 42.9 Å². The highest BCUT2D eigenvalue weighted by molar-refractivity contribution is 5.79. The average Bonchev–Trinajstić information content (AvgIpc) is 2.66. The summed E-state index contributed by atoms with van der Waals surface area (Å²) in [5.74, 6) is 0.917. The van der Waals surface area contributed by atoms with Gasteiger partial charge < -0.3 is 15.5 Å². The van der Waals surface area contributed by atoms with Crippen molar-refractivity contribution in [1.29, 1.82) is 0 Å². The van der Waals surface area contributed by atoms with Gasteiger partial charge in [0.15, 0.2) is 5.96 Å². The predicted octanol–water partition coefficient (Wildman–Crippen LogP) is 1.94. The van der Waals surface area contributed by atoms with Gasteiger partial charge in [0.1, 0.15) is 0 Å². The maximum absolute atomic E-state index is 4.77. The second-order valence-corrected chi connectivity index (χ2v) is 6.52. The Hall–Kier alpha value is -1.59. The smallest absolute Gasteiger partial charge is 0.191 e. The van der Waals surface area contributed by atoms with Crippen LogP contribution in [-0.2, 0) is 13.0 Å². The Labute approximate surface area is 153 Å². The zero-order valence-electron chi connectivity index (χ0n) is 16.2. The molecule has 1 aliphatic heterocycles. The highest BCUT2D eigenvalue weighted by Crippen LogP contribution is 2.10. The average molecular weight is 346 g/mol. The van der Waals surface area contributed by atoms with Crippen molar-refractivity contribution in [1.82, 2.24) is 20.4 Å². The number of aliphatic imine (C=N–C) groups is 1. The van der Waals surface area contributed by atoms with Gasteiger partial charge in [-0.1, -0.05) is 38.1 Å². The minimum Gasteiger partial charge on any atom is -0.357 e. The summed E-state index contributed by atoms with van der Waals surface area (Å²) in [5.41, 5.74) is 2.70. The molecule has 5 heteroatoms. The lowest BCUT2D eigenvalue weighted by molar-refractivity contribution is 0.139. The number of nitrogens with one attached hydrogen (secondary N) is 2. The molecule has 0 unspecified atom stereocenters. The zero-order valence-corrected chi connectivity index (χ0v) is 16.2. The fraction of sp³-hybridized carbons (Fsp3) is 0.650. The zero-order chi connectivity index (χ0) is 17.9. The molecule has 2 N–H and O–H groups in total. The number of likely N-dealkylation sites (N-methyl/N-ethyl adjacent to an activating group) is 1. The fourth-order valence-corrected chi connectivity index (χ4v) is 3.22. The highest BCUT2D eigenvalue weighted by Gasteiger charge is 2.14. The van der Waals surface area contributed by atoms with Crippen LogP contribution in [0.15, 0.2) is 29.3 Å². The molecule has 0 amide bonds. The van der Waals surface area contributed by atoms with Crippen molar-refractivity contribution in [3.8, 4) is 0 Å². The van der Waals surface area contributed by atoms with Crippen molar-refractivity contribution in [2.75, 3.05) is 52.4 Å². The van der Waals surface area contributed by atoms with Gasteiger partial charge in [-0.2, -0.15) is 0 Å².